The van der Waals surface area contributed by atoms with Crippen LogP contribution in [0.2, 0.25) is 0 Å². The fourth-order valence-electron chi connectivity index (χ4n) is 3.68. The molecule has 3 rings (SSSR count). The third kappa shape index (κ3) is 6.47. The first-order valence-corrected chi connectivity index (χ1v) is 10.8. The van der Waals surface area contributed by atoms with Crippen LogP contribution in [0.4, 0.5) is 16.2 Å². The van der Waals surface area contributed by atoms with Crippen molar-refractivity contribution in [3.8, 4) is 5.75 Å². The highest BCUT2D eigenvalue weighted by atomic mass is 16.5. The maximum Gasteiger partial charge on any atom is 0.319 e. The van der Waals surface area contributed by atoms with Crippen LogP contribution in [-0.2, 0) is 4.79 Å². The topological polar surface area (TPSA) is 109 Å². The molecule has 0 radical (unpaired) electrons. The maximum atomic E-state index is 12.3. The van der Waals surface area contributed by atoms with E-state index in [-0.39, 0.29) is 36.9 Å². The summed E-state index contributed by atoms with van der Waals surface area (Å²) >= 11 is 0. The van der Waals surface area contributed by atoms with Crippen LogP contribution >= 0.6 is 0 Å². The van der Waals surface area contributed by atoms with Crippen molar-refractivity contribution in [2.45, 2.75) is 32.6 Å². The van der Waals surface area contributed by atoms with Gasteiger partial charge in [0.25, 0.3) is 5.91 Å². The second kappa shape index (κ2) is 11.2. The van der Waals surface area contributed by atoms with Gasteiger partial charge in [-0.25, -0.2) is 4.79 Å². The number of aryl methyl sites for hydroxylation is 1. The number of anilines is 2. The number of nitrogens with one attached hydrogen (secondary N) is 4. The number of carbonyl (C=O) groups is 3. The number of benzene rings is 2. The Labute approximate surface area is 188 Å². The van der Waals surface area contributed by atoms with Crippen LogP contribution in [0.1, 0.15) is 41.6 Å². The van der Waals surface area contributed by atoms with E-state index in [1.807, 2.05) is 19.1 Å². The van der Waals surface area contributed by atoms with Gasteiger partial charge >= 0.3 is 6.03 Å². The normalized spacial score (nSPS) is 13.3. The van der Waals surface area contributed by atoms with Crippen LogP contribution in [0, 0.1) is 12.8 Å². The molecule has 0 aliphatic heterocycles. The fourth-order valence-corrected chi connectivity index (χ4v) is 3.68. The molecule has 1 aliphatic carbocycles. The number of amides is 4. The van der Waals surface area contributed by atoms with Gasteiger partial charge in [-0.2, -0.15) is 0 Å². The first-order valence-electron chi connectivity index (χ1n) is 10.8. The van der Waals surface area contributed by atoms with Crippen LogP contribution in [0.5, 0.6) is 5.75 Å². The summed E-state index contributed by atoms with van der Waals surface area (Å²) in [5.74, 6) is 0.463. The van der Waals surface area contributed by atoms with E-state index < -0.39 is 0 Å². The van der Waals surface area contributed by atoms with Gasteiger partial charge in [-0.15, -0.1) is 0 Å². The third-order valence-electron chi connectivity index (χ3n) is 5.44. The van der Waals surface area contributed by atoms with E-state index in [0.717, 1.165) is 31.2 Å². The van der Waals surface area contributed by atoms with Crippen LogP contribution in [-0.4, -0.2) is 38.0 Å². The van der Waals surface area contributed by atoms with Gasteiger partial charge in [0.1, 0.15) is 5.75 Å². The number of rotatable bonds is 8. The molecule has 4 amide bonds. The standard InChI is InChI=1S/C24H30N4O4/c1-16-7-12-21(32-2)20(15-16)28-24(31)26-14-13-25-22(29)18-8-10-19(11-9-18)27-23(30)17-5-3-4-6-17/h7-12,15,17H,3-6,13-14H2,1-2H3,(H,25,29)(H,27,30)(H2,26,28,31). The predicted molar refractivity (Wildman–Crippen MR) is 124 cm³/mol. The molecule has 1 saturated carbocycles. The van der Waals surface area contributed by atoms with Crippen LogP contribution in [0.25, 0.3) is 0 Å². The van der Waals surface area contributed by atoms with Gasteiger partial charge in [0.15, 0.2) is 0 Å². The SMILES string of the molecule is COc1ccc(C)cc1NC(=O)NCCNC(=O)c1ccc(NC(=O)C2CCCC2)cc1. The first-order chi connectivity index (χ1) is 15.5. The Kier molecular flexibility index (Phi) is 8.08. The Balaban J connectivity index is 1.39. The maximum absolute atomic E-state index is 12.3. The Morgan fingerprint density at radius 3 is 2.31 bits per heavy atom. The summed E-state index contributed by atoms with van der Waals surface area (Å²) in [7, 11) is 1.54. The molecular weight excluding hydrogens is 408 g/mol. The molecule has 4 N–H and O–H groups in total. The fraction of sp³-hybridized carbons (Fsp3) is 0.375. The monoisotopic (exact) mass is 438 g/mol. The second-order valence-corrected chi connectivity index (χ2v) is 7.89. The number of hydrogen-bond acceptors (Lipinski definition) is 4. The molecule has 0 bridgehead atoms. The molecule has 0 heterocycles. The first kappa shape index (κ1) is 23.1. The highest BCUT2D eigenvalue weighted by molar-refractivity contribution is 5.96. The molecular formula is C24H30N4O4. The number of methoxy groups -OCH3 is 1. The van der Waals surface area contributed by atoms with Crippen LogP contribution < -0.4 is 26.0 Å². The lowest BCUT2D eigenvalue weighted by atomic mass is 10.1. The van der Waals surface area contributed by atoms with Crippen LogP contribution in [0.3, 0.4) is 0 Å². The molecule has 0 saturated heterocycles. The van der Waals surface area contributed by atoms with Crippen molar-refractivity contribution in [1.82, 2.24) is 10.6 Å². The zero-order chi connectivity index (χ0) is 22.9. The van der Waals surface area contributed by atoms with E-state index in [2.05, 4.69) is 21.3 Å². The predicted octanol–water partition coefficient (Wildman–Crippen LogP) is 3.68. The summed E-state index contributed by atoms with van der Waals surface area (Å²) < 4.78 is 5.24. The lowest BCUT2D eigenvalue weighted by Crippen LogP contribution is -2.36. The number of hydrogen-bond donors (Lipinski definition) is 4. The Morgan fingerprint density at radius 1 is 0.938 bits per heavy atom. The molecule has 1 aliphatic rings. The molecule has 0 spiro atoms. The van der Waals surface area contributed by atoms with Gasteiger partial charge < -0.3 is 26.0 Å². The van der Waals surface area contributed by atoms with E-state index in [4.69, 9.17) is 4.74 Å². The van der Waals surface area contributed by atoms with Crippen LogP contribution in [0.15, 0.2) is 42.5 Å². The van der Waals surface area contributed by atoms with E-state index in [0.29, 0.717) is 22.7 Å². The highest BCUT2D eigenvalue weighted by Gasteiger charge is 2.22. The van der Waals surface area contributed by atoms with Gasteiger partial charge in [0.05, 0.1) is 12.8 Å². The van der Waals surface area contributed by atoms with Crippen molar-refractivity contribution >= 4 is 29.2 Å². The largest absolute Gasteiger partial charge is 0.495 e. The zero-order valence-corrected chi connectivity index (χ0v) is 18.5. The second-order valence-electron chi connectivity index (χ2n) is 7.89. The summed E-state index contributed by atoms with van der Waals surface area (Å²) in [5, 5.41) is 11.1. The van der Waals surface area contributed by atoms with Crippen molar-refractivity contribution in [1.29, 1.82) is 0 Å². The van der Waals surface area contributed by atoms with Gasteiger partial charge in [-0.3, -0.25) is 9.59 Å². The Morgan fingerprint density at radius 2 is 1.62 bits per heavy atom. The average Bonchev–Trinajstić information content (AvgIpc) is 3.32. The lowest BCUT2D eigenvalue weighted by molar-refractivity contribution is -0.119. The number of carbonyl (C=O) groups excluding carboxylic acids is 3. The number of ether oxygens (including phenoxy) is 1. The van der Waals surface area contributed by atoms with E-state index in [1.165, 1.54) is 0 Å². The molecule has 1 fully saturated rings. The minimum absolute atomic E-state index is 0.0485. The molecule has 0 unspecified atom stereocenters. The van der Waals surface area contributed by atoms with Gasteiger partial charge in [-0.1, -0.05) is 18.9 Å². The van der Waals surface area contributed by atoms with Crippen molar-refractivity contribution in [2.75, 3.05) is 30.8 Å². The molecule has 8 nitrogen and oxygen atoms in total. The molecule has 8 heteroatoms. The summed E-state index contributed by atoms with van der Waals surface area (Å²) in [6, 6.07) is 11.9. The third-order valence-corrected chi connectivity index (χ3v) is 5.44. The van der Waals surface area contributed by atoms with Crippen molar-refractivity contribution < 1.29 is 19.1 Å². The Hall–Kier alpha value is -3.55. The van der Waals surface area contributed by atoms with Crippen molar-refractivity contribution in [2.24, 2.45) is 5.92 Å². The highest BCUT2D eigenvalue weighted by Crippen LogP contribution is 2.26. The molecule has 32 heavy (non-hydrogen) atoms. The zero-order valence-electron chi connectivity index (χ0n) is 18.5. The van der Waals surface area contributed by atoms with E-state index in [1.54, 1.807) is 37.4 Å². The molecule has 0 atom stereocenters. The summed E-state index contributed by atoms with van der Waals surface area (Å²) in [4.78, 5) is 36.6. The summed E-state index contributed by atoms with van der Waals surface area (Å²) in [5.41, 5.74) is 2.74. The molecule has 170 valence electrons. The lowest BCUT2D eigenvalue weighted by Gasteiger charge is -2.12. The average molecular weight is 439 g/mol. The quantitative estimate of drug-likeness (QED) is 0.472. The summed E-state index contributed by atoms with van der Waals surface area (Å²) in [6.07, 6.45) is 4.09. The minimum Gasteiger partial charge on any atom is -0.495 e. The smallest absolute Gasteiger partial charge is 0.319 e. The molecule has 2 aromatic carbocycles. The molecule has 0 aromatic heterocycles. The van der Waals surface area contributed by atoms with Crippen molar-refractivity contribution in [3.63, 3.8) is 0 Å². The molecule has 2 aromatic rings. The van der Waals surface area contributed by atoms with E-state index >= 15 is 0 Å². The van der Waals surface area contributed by atoms with Gasteiger partial charge in [0.2, 0.25) is 5.91 Å². The minimum atomic E-state index is -0.384. The van der Waals surface area contributed by atoms with Gasteiger partial charge in [-0.05, 0) is 61.7 Å². The summed E-state index contributed by atoms with van der Waals surface area (Å²) in [6.45, 7) is 2.47. The van der Waals surface area contributed by atoms with Gasteiger partial charge in [0, 0.05) is 30.3 Å². The van der Waals surface area contributed by atoms with Crippen molar-refractivity contribution in [3.05, 3.63) is 53.6 Å². The Bertz CT molecular complexity index is 953. The van der Waals surface area contributed by atoms with E-state index in [9.17, 15) is 14.4 Å². The number of urea groups is 1.